The van der Waals surface area contributed by atoms with Gasteiger partial charge in [0, 0.05) is 18.1 Å². The fourth-order valence-electron chi connectivity index (χ4n) is 1.34. The van der Waals surface area contributed by atoms with E-state index in [2.05, 4.69) is 0 Å². The predicted molar refractivity (Wildman–Crippen MR) is 59.1 cm³/mol. The summed E-state index contributed by atoms with van der Waals surface area (Å²) in [5.41, 5.74) is -1.07. The number of nitrogens with zero attached hydrogens (tertiary/aromatic N) is 2. The minimum atomic E-state index is -0.826. The SMILES string of the molecule is CC(=O)Cc1ccc([N+](=O)[O-])c(Cl)c1[N+](=O)[O-]. The molecule has 17 heavy (non-hydrogen) atoms. The van der Waals surface area contributed by atoms with E-state index < -0.39 is 26.2 Å². The minimum Gasteiger partial charge on any atom is -0.300 e. The molecule has 0 unspecified atom stereocenters. The van der Waals surface area contributed by atoms with Crippen molar-refractivity contribution in [2.75, 3.05) is 0 Å². The summed E-state index contributed by atoms with van der Waals surface area (Å²) >= 11 is 5.59. The first kappa shape index (κ1) is 13.0. The summed E-state index contributed by atoms with van der Waals surface area (Å²) in [6.45, 7) is 1.26. The zero-order chi connectivity index (χ0) is 13.2. The van der Waals surface area contributed by atoms with Gasteiger partial charge in [0.1, 0.15) is 5.78 Å². The Morgan fingerprint density at radius 1 is 1.29 bits per heavy atom. The van der Waals surface area contributed by atoms with Gasteiger partial charge in [0.05, 0.1) is 9.85 Å². The van der Waals surface area contributed by atoms with Crippen molar-refractivity contribution in [2.45, 2.75) is 13.3 Å². The van der Waals surface area contributed by atoms with Gasteiger partial charge in [-0.1, -0.05) is 11.6 Å². The van der Waals surface area contributed by atoms with E-state index in [9.17, 15) is 25.0 Å². The largest absolute Gasteiger partial charge is 0.300 e. The molecule has 0 aliphatic carbocycles. The van der Waals surface area contributed by atoms with Crippen LogP contribution in [0.25, 0.3) is 0 Å². The highest BCUT2D eigenvalue weighted by Crippen LogP contribution is 2.36. The van der Waals surface area contributed by atoms with Gasteiger partial charge in [-0.15, -0.1) is 0 Å². The number of hydrogen-bond donors (Lipinski definition) is 0. The van der Waals surface area contributed by atoms with Crippen molar-refractivity contribution in [1.82, 2.24) is 0 Å². The van der Waals surface area contributed by atoms with Crippen LogP contribution in [0.2, 0.25) is 5.02 Å². The number of ketones is 1. The van der Waals surface area contributed by atoms with Gasteiger partial charge in [-0.2, -0.15) is 0 Å². The molecule has 0 saturated carbocycles. The zero-order valence-corrected chi connectivity index (χ0v) is 9.43. The van der Waals surface area contributed by atoms with E-state index in [1.165, 1.54) is 13.0 Å². The molecule has 0 aliphatic rings. The lowest BCUT2D eigenvalue weighted by molar-refractivity contribution is -0.394. The van der Waals surface area contributed by atoms with Gasteiger partial charge in [-0.3, -0.25) is 25.0 Å². The molecule has 7 nitrogen and oxygen atoms in total. The third kappa shape index (κ3) is 2.76. The Hall–Kier alpha value is -2.02. The van der Waals surface area contributed by atoms with Gasteiger partial charge in [0.2, 0.25) is 0 Å². The Labute approximate surface area is 100 Å². The van der Waals surface area contributed by atoms with Gasteiger partial charge < -0.3 is 0 Å². The lowest BCUT2D eigenvalue weighted by Crippen LogP contribution is -2.03. The van der Waals surface area contributed by atoms with Gasteiger partial charge in [-0.25, -0.2) is 0 Å². The van der Waals surface area contributed by atoms with Crippen LogP contribution in [0, 0.1) is 20.2 Å². The number of nitro benzene ring substituents is 2. The van der Waals surface area contributed by atoms with E-state index in [0.29, 0.717) is 0 Å². The van der Waals surface area contributed by atoms with Gasteiger partial charge in [0.25, 0.3) is 11.4 Å². The quantitative estimate of drug-likeness (QED) is 0.609. The molecule has 0 fully saturated rings. The molecule has 0 radical (unpaired) electrons. The summed E-state index contributed by atoms with van der Waals surface area (Å²) in [5, 5.41) is 20.8. The molecule has 0 amide bonds. The van der Waals surface area contributed by atoms with Crippen LogP contribution in [0.5, 0.6) is 0 Å². The van der Waals surface area contributed by atoms with E-state index in [1.807, 2.05) is 0 Å². The van der Waals surface area contributed by atoms with Gasteiger partial charge in [0.15, 0.2) is 5.02 Å². The van der Waals surface area contributed by atoms with Crippen LogP contribution in [0.1, 0.15) is 12.5 Å². The first-order valence-corrected chi connectivity index (χ1v) is 4.82. The smallest absolute Gasteiger partial charge is 0.298 e. The van der Waals surface area contributed by atoms with Gasteiger partial charge >= 0.3 is 0 Å². The molecule has 8 heteroatoms. The molecular formula is C9H7ClN2O5. The Morgan fingerprint density at radius 3 is 2.29 bits per heavy atom. The predicted octanol–water partition coefficient (Wildman–Crippen LogP) is 2.29. The number of carbonyl (C=O) groups excluding carboxylic acids is 1. The second-order valence-corrected chi connectivity index (χ2v) is 3.68. The summed E-state index contributed by atoms with van der Waals surface area (Å²) < 4.78 is 0. The summed E-state index contributed by atoms with van der Waals surface area (Å²) in [7, 11) is 0. The zero-order valence-electron chi connectivity index (χ0n) is 8.68. The topological polar surface area (TPSA) is 103 Å². The van der Waals surface area contributed by atoms with Crippen molar-refractivity contribution in [3.05, 3.63) is 42.9 Å². The standard InChI is InChI=1S/C9H7ClN2O5/c1-5(13)4-6-2-3-7(11(14)15)8(10)9(6)12(16)17/h2-3H,4H2,1H3. The van der Waals surface area contributed by atoms with Crippen LogP contribution in [0.15, 0.2) is 12.1 Å². The molecule has 90 valence electrons. The normalized spacial score (nSPS) is 10.0. The Balaban J connectivity index is 3.44. The molecule has 1 rings (SSSR count). The van der Waals surface area contributed by atoms with Crippen LogP contribution in [0.3, 0.4) is 0 Å². The number of carbonyl (C=O) groups is 1. The van der Waals surface area contributed by atoms with E-state index >= 15 is 0 Å². The molecule has 0 atom stereocenters. The lowest BCUT2D eigenvalue weighted by Gasteiger charge is -2.02. The highest BCUT2D eigenvalue weighted by atomic mass is 35.5. The molecule has 0 N–H and O–H groups in total. The van der Waals surface area contributed by atoms with E-state index in [-0.39, 0.29) is 17.8 Å². The maximum absolute atomic E-state index is 10.9. The number of Topliss-reactive ketones (excluding diaryl/α,β-unsaturated/α-hetero) is 1. The van der Waals surface area contributed by atoms with E-state index in [4.69, 9.17) is 11.6 Å². The van der Waals surface area contributed by atoms with Crippen molar-refractivity contribution in [3.8, 4) is 0 Å². The second-order valence-electron chi connectivity index (χ2n) is 3.30. The second kappa shape index (κ2) is 4.88. The average molecular weight is 259 g/mol. The molecular weight excluding hydrogens is 252 g/mol. The van der Waals surface area contributed by atoms with Crippen LogP contribution >= 0.6 is 11.6 Å². The molecule has 0 bridgehead atoms. The summed E-state index contributed by atoms with van der Waals surface area (Å²) in [6.07, 6.45) is -0.186. The summed E-state index contributed by atoms with van der Waals surface area (Å²) in [6, 6.07) is 2.22. The molecule has 0 aliphatic heterocycles. The third-order valence-corrected chi connectivity index (χ3v) is 2.37. The minimum absolute atomic E-state index is 0.0677. The average Bonchev–Trinajstić information content (AvgIpc) is 2.15. The van der Waals surface area contributed by atoms with Gasteiger partial charge in [-0.05, 0) is 13.0 Å². The van der Waals surface area contributed by atoms with Crippen LogP contribution in [-0.4, -0.2) is 15.6 Å². The van der Waals surface area contributed by atoms with Crippen molar-refractivity contribution in [1.29, 1.82) is 0 Å². The highest BCUT2D eigenvalue weighted by Gasteiger charge is 2.27. The van der Waals surface area contributed by atoms with Crippen LogP contribution < -0.4 is 0 Å². The number of rotatable bonds is 4. The molecule has 1 aromatic rings. The number of nitro groups is 2. The molecule has 0 spiro atoms. The Bertz CT molecular complexity index is 514. The summed E-state index contributed by atoms with van der Waals surface area (Å²) in [5.74, 6) is -0.294. The maximum atomic E-state index is 10.9. The van der Waals surface area contributed by atoms with Crippen LogP contribution in [0.4, 0.5) is 11.4 Å². The molecule has 0 saturated heterocycles. The Kier molecular flexibility index (Phi) is 3.74. The first-order valence-electron chi connectivity index (χ1n) is 4.44. The molecule has 0 aromatic heterocycles. The van der Waals surface area contributed by atoms with Crippen molar-refractivity contribution >= 4 is 28.8 Å². The monoisotopic (exact) mass is 258 g/mol. The number of halogens is 1. The lowest BCUT2D eigenvalue weighted by atomic mass is 10.1. The van der Waals surface area contributed by atoms with Crippen LogP contribution in [-0.2, 0) is 11.2 Å². The summed E-state index contributed by atoms with van der Waals surface area (Å²) in [4.78, 5) is 30.6. The first-order chi connectivity index (χ1) is 7.84. The highest BCUT2D eigenvalue weighted by molar-refractivity contribution is 6.35. The molecule has 1 aromatic carbocycles. The number of benzene rings is 1. The fraction of sp³-hybridized carbons (Fsp3) is 0.222. The fourth-order valence-corrected chi connectivity index (χ4v) is 1.67. The number of hydrogen-bond acceptors (Lipinski definition) is 5. The van der Waals surface area contributed by atoms with E-state index in [0.717, 1.165) is 6.07 Å². The molecule has 0 heterocycles. The third-order valence-electron chi connectivity index (χ3n) is 2.00. The van der Waals surface area contributed by atoms with E-state index in [1.54, 1.807) is 0 Å². The maximum Gasteiger partial charge on any atom is 0.298 e. The van der Waals surface area contributed by atoms with Crippen molar-refractivity contribution in [2.24, 2.45) is 0 Å². The Morgan fingerprint density at radius 2 is 1.88 bits per heavy atom. The van der Waals surface area contributed by atoms with Crippen molar-refractivity contribution in [3.63, 3.8) is 0 Å². The van der Waals surface area contributed by atoms with Crippen molar-refractivity contribution < 1.29 is 14.6 Å².